The lowest BCUT2D eigenvalue weighted by molar-refractivity contribution is -0.143. The summed E-state index contributed by atoms with van der Waals surface area (Å²) in [6.45, 7) is 3.79. The molecule has 0 radical (unpaired) electrons. The summed E-state index contributed by atoms with van der Waals surface area (Å²) in [5.41, 5.74) is 0. The molecule has 0 bridgehead atoms. The number of amides is 2. The van der Waals surface area contributed by atoms with Gasteiger partial charge in [0.05, 0.1) is 6.04 Å². The van der Waals surface area contributed by atoms with Gasteiger partial charge in [-0.2, -0.15) is 0 Å². The highest BCUT2D eigenvalue weighted by molar-refractivity contribution is 5.83. The summed E-state index contributed by atoms with van der Waals surface area (Å²) < 4.78 is 0. The Hall–Kier alpha value is -1.10. The predicted molar refractivity (Wildman–Crippen MR) is 80.8 cm³/mol. The monoisotopic (exact) mass is 293 g/mol. The molecule has 1 saturated carbocycles. The third-order valence-corrected chi connectivity index (χ3v) is 5.22. The molecule has 118 valence electrons. The summed E-state index contributed by atoms with van der Waals surface area (Å²) in [4.78, 5) is 28.8. The van der Waals surface area contributed by atoms with Crippen LogP contribution in [0.25, 0.3) is 0 Å². The summed E-state index contributed by atoms with van der Waals surface area (Å²) in [7, 11) is 0. The fourth-order valence-corrected chi connectivity index (χ4v) is 3.87. The molecule has 1 N–H and O–H groups in total. The number of nitrogens with one attached hydrogen (secondary N) is 1. The van der Waals surface area contributed by atoms with Crippen LogP contribution in [0.5, 0.6) is 0 Å². The Morgan fingerprint density at radius 3 is 1.95 bits per heavy atom. The van der Waals surface area contributed by atoms with E-state index in [2.05, 4.69) is 5.32 Å². The molecule has 2 aliphatic heterocycles. The first-order chi connectivity index (χ1) is 10.3. The fourth-order valence-electron chi connectivity index (χ4n) is 3.87. The molecule has 2 heterocycles. The van der Waals surface area contributed by atoms with Crippen LogP contribution in [0.1, 0.15) is 44.9 Å². The molecule has 21 heavy (non-hydrogen) atoms. The Balaban J connectivity index is 1.48. The van der Waals surface area contributed by atoms with Gasteiger partial charge in [-0.3, -0.25) is 9.59 Å². The van der Waals surface area contributed by atoms with E-state index in [9.17, 15) is 9.59 Å². The zero-order valence-corrected chi connectivity index (χ0v) is 12.9. The zero-order valence-electron chi connectivity index (χ0n) is 12.9. The predicted octanol–water partition coefficient (Wildman–Crippen LogP) is 0.989. The Kier molecular flexibility index (Phi) is 4.78. The molecule has 3 aliphatic rings. The average molecular weight is 293 g/mol. The summed E-state index contributed by atoms with van der Waals surface area (Å²) in [5, 5.41) is 3.27. The number of nitrogens with zero attached hydrogens (tertiary/aromatic N) is 2. The van der Waals surface area contributed by atoms with E-state index < -0.39 is 0 Å². The lowest BCUT2D eigenvalue weighted by Gasteiger charge is -2.38. The normalized spacial score (nSPS) is 27.9. The molecular formula is C16H27N3O2. The minimum atomic E-state index is 0.0191. The Morgan fingerprint density at radius 1 is 0.762 bits per heavy atom. The molecule has 0 aromatic rings. The van der Waals surface area contributed by atoms with Crippen LogP contribution in [0.4, 0.5) is 0 Å². The molecule has 0 aromatic heterocycles. The van der Waals surface area contributed by atoms with Crippen molar-refractivity contribution in [3.8, 4) is 0 Å². The van der Waals surface area contributed by atoms with Gasteiger partial charge < -0.3 is 15.1 Å². The molecular weight excluding hydrogens is 266 g/mol. The summed E-state index contributed by atoms with van der Waals surface area (Å²) in [5.74, 6) is 0.815. The van der Waals surface area contributed by atoms with E-state index in [4.69, 9.17) is 0 Å². The van der Waals surface area contributed by atoms with Crippen LogP contribution >= 0.6 is 0 Å². The van der Waals surface area contributed by atoms with Crippen molar-refractivity contribution < 1.29 is 9.59 Å². The van der Waals surface area contributed by atoms with Gasteiger partial charge in [-0.15, -0.1) is 0 Å². The third-order valence-electron chi connectivity index (χ3n) is 5.22. The van der Waals surface area contributed by atoms with E-state index in [0.717, 1.165) is 32.2 Å². The third kappa shape index (κ3) is 3.39. The Labute approximate surface area is 127 Å². The largest absolute Gasteiger partial charge is 0.339 e. The highest BCUT2D eigenvalue weighted by Crippen LogP contribution is 2.26. The van der Waals surface area contributed by atoms with Crippen molar-refractivity contribution in [2.24, 2.45) is 5.92 Å². The van der Waals surface area contributed by atoms with Crippen LogP contribution in [-0.4, -0.2) is 60.4 Å². The van der Waals surface area contributed by atoms with Gasteiger partial charge >= 0.3 is 0 Å². The van der Waals surface area contributed by atoms with Crippen LogP contribution in [0, 0.1) is 5.92 Å². The molecule has 5 nitrogen and oxygen atoms in total. The first kappa shape index (κ1) is 14.8. The molecule has 2 amide bonds. The number of hydrogen-bond acceptors (Lipinski definition) is 3. The topological polar surface area (TPSA) is 52.7 Å². The van der Waals surface area contributed by atoms with Gasteiger partial charge in [0.2, 0.25) is 11.8 Å². The van der Waals surface area contributed by atoms with Crippen LogP contribution in [0.3, 0.4) is 0 Å². The molecule has 3 rings (SSSR count). The Bertz CT molecular complexity index is 379. The number of carbonyl (C=O) groups is 2. The average Bonchev–Trinajstić information content (AvgIpc) is 3.09. The van der Waals surface area contributed by atoms with E-state index in [1.54, 1.807) is 0 Å². The zero-order chi connectivity index (χ0) is 14.7. The number of hydrogen-bond donors (Lipinski definition) is 1. The standard InChI is InChI=1S/C16H27N3O2/c20-15(13-5-2-1-3-6-13)18-9-11-19(12-10-18)16(21)14-7-4-8-17-14/h13-14,17H,1-12H2. The van der Waals surface area contributed by atoms with Crippen molar-refractivity contribution in [3.63, 3.8) is 0 Å². The highest BCUT2D eigenvalue weighted by atomic mass is 16.2. The SMILES string of the molecule is O=C(C1CCCCC1)N1CCN(C(=O)C2CCCN2)CC1. The van der Waals surface area contributed by atoms with Gasteiger partial charge in [-0.25, -0.2) is 0 Å². The summed E-state index contributed by atoms with van der Waals surface area (Å²) in [6, 6.07) is 0.0191. The maximum Gasteiger partial charge on any atom is 0.239 e. The lowest BCUT2D eigenvalue weighted by Crippen LogP contribution is -2.55. The van der Waals surface area contributed by atoms with E-state index in [-0.39, 0.29) is 17.9 Å². The second-order valence-electron chi connectivity index (χ2n) is 6.63. The second kappa shape index (κ2) is 6.77. The van der Waals surface area contributed by atoms with Crippen molar-refractivity contribution in [3.05, 3.63) is 0 Å². The van der Waals surface area contributed by atoms with Crippen molar-refractivity contribution in [1.29, 1.82) is 0 Å². The first-order valence-electron chi connectivity index (χ1n) is 8.56. The van der Waals surface area contributed by atoms with Gasteiger partial charge in [0.25, 0.3) is 0 Å². The van der Waals surface area contributed by atoms with E-state index in [0.29, 0.717) is 32.1 Å². The first-order valence-corrected chi connectivity index (χ1v) is 8.56. The van der Waals surface area contributed by atoms with Crippen molar-refractivity contribution in [1.82, 2.24) is 15.1 Å². The van der Waals surface area contributed by atoms with Gasteiger partial charge in [-0.1, -0.05) is 19.3 Å². The number of rotatable bonds is 2. The lowest BCUT2D eigenvalue weighted by atomic mass is 9.88. The van der Waals surface area contributed by atoms with Crippen molar-refractivity contribution in [2.45, 2.75) is 51.0 Å². The molecule has 3 fully saturated rings. The maximum atomic E-state index is 12.5. The molecule has 1 unspecified atom stereocenters. The molecule has 0 spiro atoms. The minimum absolute atomic E-state index is 0.0191. The Morgan fingerprint density at radius 2 is 1.38 bits per heavy atom. The van der Waals surface area contributed by atoms with Gasteiger partial charge in [0.15, 0.2) is 0 Å². The molecule has 2 saturated heterocycles. The summed E-state index contributed by atoms with van der Waals surface area (Å²) in [6.07, 6.45) is 7.84. The van der Waals surface area contributed by atoms with Crippen molar-refractivity contribution in [2.75, 3.05) is 32.7 Å². The van der Waals surface area contributed by atoms with Crippen LogP contribution < -0.4 is 5.32 Å². The second-order valence-corrected chi connectivity index (χ2v) is 6.63. The molecule has 1 aliphatic carbocycles. The number of piperazine rings is 1. The van der Waals surface area contributed by atoms with Crippen molar-refractivity contribution >= 4 is 11.8 Å². The van der Waals surface area contributed by atoms with Crippen LogP contribution in [0.2, 0.25) is 0 Å². The van der Waals surface area contributed by atoms with Crippen LogP contribution in [0.15, 0.2) is 0 Å². The molecule has 5 heteroatoms. The van der Waals surface area contributed by atoms with Gasteiger partial charge in [0.1, 0.15) is 0 Å². The highest BCUT2D eigenvalue weighted by Gasteiger charge is 2.32. The number of carbonyl (C=O) groups excluding carboxylic acids is 2. The van der Waals surface area contributed by atoms with E-state index >= 15 is 0 Å². The van der Waals surface area contributed by atoms with Crippen LogP contribution in [-0.2, 0) is 9.59 Å². The molecule has 0 aromatic carbocycles. The maximum absolute atomic E-state index is 12.5. The fraction of sp³-hybridized carbons (Fsp3) is 0.875. The van der Waals surface area contributed by atoms with E-state index in [1.807, 2.05) is 9.80 Å². The summed E-state index contributed by atoms with van der Waals surface area (Å²) >= 11 is 0. The molecule has 1 atom stereocenters. The van der Waals surface area contributed by atoms with E-state index in [1.165, 1.54) is 19.3 Å². The smallest absolute Gasteiger partial charge is 0.239 e. The van der Waals surface area contributed by atoms with Gasteiger partial charge in [-0.05, 0) is 32.2 Å². The quantitative estimate of drug-likeness (QED) is 0.826. The minimum Gasteiger partial charge on any atom is -0.339 e. The van der Waals surface area contributed by atoms with Gasteiger partial charge in [0, 0.05) is 32.1 Å².